The van der Waals surface area contributed by atoms with Gasteiger partial charge < -0.3 is 8.80 Å². The molecule has 6 heterocycles. The molecule has 0 unspecified atom stereocenters. The highest BCUT2D eigenvalue weighted by atomic mass is 32.1. The lowest BCUT2D eigenvalue weighted by molar-refractivity contribution is 1.29. The van der Waals surface area contributed by atoms with E-state index >= 15 is 0 Å². The van der Waals surface area contributed by atoms with E-state index in [1.807, 2.05) is 22.7 Å². The van der Waals surface area contributed by atoms with E-state index in [1.54, 1.807) is 0 Å². The number of fused-ring (bicyclic) bond motifs is 22. The fourth-order valence-corrected chi connectivity index (χ4v) is 12.2. The number of hydrogen-bond acceptors (Lipinski definition) is 2. The molecule has 0 aliphatic rings. The Bertz CT molecular complexity index is 4060. The molecule has 0 fully saturated rings. The Morgan fingerprint density at radius 3 is 1.54 bits per heavy atom. The van der Waals surface area contributed by atoms with Crippen molar-refractivity contribution in [2.45, 2.75) is 0 Å². The minimum absolute atomic E-state index is 1.23. The highest BCUT2D eigenvalue weighted by Gasteiger charge is 2.19. The van der Waals surface area contributed by atoms with E-state index < -0.39 is 0 Å². The van der Waals surface area contributed by atoms with Crippen molar-refractivity contribution in [3.05, 3.63) is 170 Å². The van der Waals surface area contributed by atoms with E-state index in [0.29, 0.717) is 0 Å². The zero-order valence-electron chi connectivity index (χ0n) is 29.9. The van der Waals surface area contributed by atoms with Crippen LogP contribution >= 0.6 is 22.7 Å². The monoisotopic (exact) mass is 744 g/mol. The molecule has 14 rings (SSSR count). The SMILES string of the molecule is c1ccc2c(c1)cn1c3ccc(-c4ccc5cn6c7ccccc7c7cc8c(cc7c6c5c4)sc4ccccc48)cc3c3cc4sc5ccccc5c4cc3c21. The second kappa shape index (κ2) is 10.5. The molecule has 0 aliphatic carbocycles. The van der Waals surface area contributed by atoms with Crippen molar-refractivity contribution in [1.82, 2.24) is 8.80 Å². The number of pyridine rings is 2. The number of nitrogens with zero attached hydrogens (tertiary/aromatic N) is 2. The highest BCUT2D eigenvalue weighted by molar-refractivity contribution is 7.26. The summed E-state index contributed by atoms with van der Waals surface area (Å²) in [6.45, 7) is 0. The van der Waals surface area contributed by atoms with Crippen LogP contribution in [0.2, 0.25) is 0 Å². The lowest BCUT2D eigenvalue weighted by atomic mass is 9.96. The molecule has 0 bridgehead atoms. The molecule has 4 heteroatoms. The van der Waals surface area contributed by atoms with Gasteiger partial charge in [0.2, 0.25) is 0 Å². The third-order valence-corrected chi connectivity index (χ3v) is 14.7. The molecule has 0 N–H and O–H groups in total. The Morgan fingerprint density at radius 2 is 0.786 bits per heavy atom. The molecule has 0 radical (unpaired) electrons. The Balaban J connectivity index is 1.07. The van der Waals surface area contributed by atoms with E-state index in [-0.39, 0.29) is 0 Å². The van der Waals surface area contributed by atoms with Crippen LogP contribution in [0.1, 0.15) is 0 Å². The Morgan fingerprint density at radius 1 is 0.286 bits per heavy atom. The van der Waals surface area contributed by atoms with E-state index in [1.165, 1.54) is 127 Å². The van der Waals surface area contributed by atoms with E-state index in [0.717, 1.165) is 0 Å². The van der Waals surface area contributed by atoms with Gasteiger partial charge in [-0.15, -0.1) is 22.7 Å². The fourth-order valence-electron chi connectivity index (χ4n) is 9.91. The van der Waals surface area contributed by atoms with Crippen LogP contribution in [0.3, 0.4) is 0 Å². The van der Waals surface area contributed by atoms with E-state index in [9.17, 15) is 0 Å². The molecule has 2 nitrogen and oxygen atoms in total. The first-order valence-corrected chi connectivity index (χ1v) is 20.8. The largest absolute Gasteiger partial charge is 0.315 e. The Kier molecular flexibility index (Phi) is 5.56. The van der Waals surface area contributed by atoms with Crippen molar-refractivity contribution >= 4 is 139 Å². The van der Waals surface area contributed by atoms with Crippen LogP contribution in [-0.2, 0) is 0 Å². The van der Waals surface area contributed by atoms with E-state index in [2.05, 4.69) is 179 Å². The molecule has 14 aromatic rings. The first-order chi connectivity index (χ1) is 27.7. The summed E-state index contributed by atoms with van der Waals surface area (Å²) < 4.78 is 10.2. The Labute approximate surface area is 327 Å². The van der Waals surface area contributed by atoms with Gasteiger partial charge in [-0.2, -0.15) is 0 Å². The lowest BCUT2D eigenvalue weighted by Crippen LogP contribution is -1.91. The third kappa shape index (κ3) is 3.80. The van der Waals surface area contributed by atoms with Crippen LogP contribution in [0, 0.1) is 0 Å². The molecule has 0 spiro atoms. The number of benzene rings is 8. The summed E-state index contributed by atoms with van der Waals surface area (Å²) in [6, 6.07) is 59.4. The average molecular weight is 745 g/mol. The molecule has 0 saturated carbocycles. The predicted molar refractivity (Wildman–Crippen MR) is 245 cm³/mol. The van der Waals surface area contributed by atoms with Gasteiger partial charge in [0.05, 0.1) is 22.1 Å². The first-order valence-electron chi connectivity index (χ1n) is 19.1. The van der Waals surface area contributed by atoms with Crippen LogP contribution in [-0.4, -0.2) is 8.80 Å². The molecule has 0 aliphatic heterocycles. The zero-order chi connectivity index (χ0) is 36.2. The quantitative estimate of drug-likeness (QED) is 0.148. The molecule has 56 heavy (non-hydrogen) atoms. The van der Waals surface area contributed by atoms with Gasteiger partial charge in [0, 0.05) is 95.8 Å². The van der Waals surface area contributed by atoms with Gasteiger partial charge in [-0.05, 0) is 82.6 Å². The van der Waals surface area contributed by atoms with Crippen LogP contribution < -0.4 is 0 Å². The smallest absolute Gasteiger partial charge is 0.0614 e. The normalized spacial score (nSPS) is 12.6. The summed E-state index contributed by atoms with van der Waals surface area (Å²) in [7, 11) is 0. The van der Waals surface area contributed by atoms with Gasteiger partial charge in [0.15, 0.2) is 0 Å². The third-order valence-electron chi connectivity index (χ3n) is 12.4. The number of hydrogen-bond donors (Lipinski definition) is 0. The maximum atomic E-state index is 2.46. The zero-order valence-corrected chi connectivity index (χ0v) is 31.5. The predicted octanol–water partition coefficient (Wildman–Crippen LogP) is 15.5. The van der Waals surface area contributed by atoms with Crippen LogP contribution in [0.25, 0.3) is 127 Å². The fraction of sp³-hybridized carbons (Fsp3) is 0. The summed E-state index contributed by atoms with van der Waals surface area (Å²) in [5.41, 5.74) is 7.47. The number of para-hydroxylation sites is 1. The van der Waals surface area contributed by atoms with Crippen molar-refractivity contribution in [1.29, 1.82) is 0 Å². The van der Waals surface area contributed by atoms with Gasteiger partial charge in [-0.1, -0.05) is 97.1 Å². The minimum atomic E-state index is 1.23. The van der Waals surface area contributed by atoms with Crippen LogP contribution in [0.4, 0.5) is 0 Å². The van der Waals surface area contributed by atoms with Gasteiger partial charge in [0.25, 0.3) is 0 Å². The Hall–Kier alpha value is -6.72. The van der Waals surface area contributed by atoms with Gasteiger partial charge in [-0.3, -0.25) is 0 Å². The topological polar surface area (TPSA) is 8.82 Å². The van der Waals surface area contributed by atoms with Crippen molar-refractivity contribution in [2.24, 2.45) is 0 Å². The summed E-state index contributed by atoms with van der Waals surface area (Å²) in [5.74, 6) is 0. The molecular weight excluding hydrogens is 717 g/mol. The van der Waals surface area contributed by atoms with Gasteiger partial charge >= 0.3 is 0 Å². The van der Waals surface area contributed by atoms with Gasteiger partial charge in [0.1, 0.15) is 0 Å². The summed E-state index contributed by atoms with van der Waals surface area (Å²) in [5, 5.41) is 18.2. The maximum absolute atomic E-state index is 2.46. The van der Waals surface area contributed by atoms with Gasteiger partial charge in [-0.25, -0.2) is 0 Å². The second-order valence-electron chi connectivity index (χ2n) is 15.3. The first kappa shape index (κ1) is 29.6. The highest BCUT2D eigenvalue weighted by Crippen LogP contribution is 2.45. The van der Waals surface area contributed by atoms with Crippen molar-refractivity contribution in [2.75, 3.05) is 0 Å². The number of aromatic nitrogens is 2. The summed E-state index contributed by atoms with van der Waals surface area (Å²) in [4.78, 5) is 0. The number of thiophene rings is 2. The molecule has 0 atom stereocenters. The lowest BCUT2D eigenvalue weighted by Gasteiger charge is -2.13. The number of rotatable bonds is 1. The minimum Gasteiger partial charge on any atom is -0.315 e. The van der Waals surface area contributed by atoms with Crippen molar-refractivity contribution in [3.63, 3.8) is 0 Å². The molecule has 0 amide bonds. The van der Waals surface area contributed by atoms with Crippen LogP contribution in [0.5, 0.6) is 0 Å². The standard InChI is InChI=1S/C52H28N2S2/c1-2-10-33-31(9-1)27-54-46-20-19-30(22-40(46)39-25-49-42(24-43(39)51(33)54)36-13-5-8-16-48(36)55-49)29-17-18-32-28-53-45-14-6-3-11-34(45)38-23-41-35-12-4-7-15-47(35)56-50(41)26-44(38)52(53)37(32)21-29/h1-28H. The van der Waals surface area contributed by atoms with Crippen molar-refractivity contribution in [3.8, 4) is 11.1 Å². The summed E-state index contributed by atoms with van der Waals surface area (Å²) >= 11 is 3.79. The molecule has 6 aromatic heterocycles. The molecule has 258 valence electrons. The van der Waals surface area contributed by atoms with Crippen molar-refractivity contribution < 1.29 is 0 Å². The van der Waals surface area contributed by atoms with E-state index in [4.69, 9.17) is 0 Å². The molecule has 0 saturated heterocycles. The second-order valence-corrected chi connectivity index (χ2v) is 17.5. The maximum Gasteiger partial charge on any atom is 0.0614 e. The molecule has 8 aromatic carbocycles. The average Bonchev–Trinajstić information content (AvgIpc) is 4.02. The summed E-state index contributed by atoms with van der Waals surface area (Å²) in [6.07, 6.45) is 4.66. The molecular formula is C52H28N2S2. The van der Waals surface area contributed by atoms with Crippen LogP contribution in [0.15, 0.2) is 170 Å².